The van der Waals surface area contributed by atoms with Gasteiger partial charge >= 0.3 is 17.9 Å². The lowest BCUT2D eigenvalue weighted by atomic mass is 9.85. The van der Waals surface area contributed by atoms with E-state index in [1.165, 1.54) is 7.11 Å². The highest BCUT2D eigenvalue weighted by Gasteiger charge is 2.44. The van der Waals surface area contributed by atoms with Gasteiger partial charge in [-0.1, -0.05) is 103 Å². The van der Waals surface area contributed by atoms with Crippen LogP contribution in [-0.4, -0.2) is 61.5 Å². The molecule has 1 aliphatic heterocycles. The fraction of sp³-hybridized carbons (Fsp3) is 0.341. The van der Waals surface area contributed by atoms with Crippen molar-refractivity contribution in [3.05, 3.63) is 138 Å². The molecule has 2 amide bonds. The van der Waals surface area contributed by atoms with Gasteiger partial charge in [0, 0.05) is 25.2 Å². The lowest BCUT2D eigenvalue weighted by Crippen LogP contribution is -2.61. The van der Waals surface area contributed by atoms with Gasteiger partial charge < -0.3 is 29.7 Å². The Balaban J connectivity index is 1.22. The molecule has 5 rings (SSSR count). The number of ether oxygens (including phenoxy) is 3. The Kier molecular flexibility index (Phi) is 14.2. The van der Waals surface area contributed by atoms with Gasteiger partial charge in [-0.05, 0) is 67.5 Å². The van der Waals surface area contributed by atoms with Crippen molar-refractivity contribution in [1.29, 1.82) is 0 Å². The Morgan fingerprint density at radius 1 is 0.691 bits per heavy atom. The number of carbonyl (C=O) groups is 5. The summed E-state index contributed by atoms with van der Waals surface area (Å²) in [5.74, 6) is -3.41. The highest BCUT2D eigenvalue weighted by atomic mass is 16.5. The molecule has 1 saturated heterocycles. The topological polar surface area (TPSA) is 140 Å². The van der Waals surface area contributed by atoms with Gasteiger partial charge in [0.15, 0.2) is 0 Å². The molecule has 11 heteroatoms. The molecule has 55 heavy (non-hydrogen) atoms. The maximum atomic E-state index is 13.7. The number of piperidine rings is 1. The minimum atomic E-state index is -1.17. The van der Waals surface area contributed by atoms with Crippen LogP contribution in [0, 0.1) is 0 Å². The van der Waals surface area contributed by atoms with Crippen LogP contribution in [0.1, 0.15) is 73.6 Å². The van der Waals surface area contributed by atoms with Crippen LogP contribution in [0.5, 0.6) is 0 Å². The second-order valence-electron chi connectivity index (χ2n) is 13.8. The number of hydrogen-bond acceptors (Lipinski definition) is 9. The molecule has 1 fully saturated rings. The minimum absolute atomic E-state index is 0.00384. The van der Waals surface area contributed by atoms with Crippen LogP contribution in [0.4, 0.5) is 5.69 Å². The number of methoxy groups -OCH3 is 1. The number of amides is 2. The maximum absolute atomic E-state index is 13.7. The number of benzene rings is 4. The van der Waals surface area contributed by atoms with Crippen molar-refractivity contribution in [3.63, 3.8) is 0 Å². The van der Waals surface area contributed by atoms with Crippen LogP contribution >= 0.6 is 0 Å². The van der Waals surface area contributed by atoms with Gasteiger partial charge in [0.2, 0.25) is 11.8 Å². The van der Waals surface area contributed by atoms with Gasteiger partial charge in [0.25, 0.3) is 0 Å². The Bertz CT molecular complexity index is 1900. The summed E-state index contributed by atoms with van der Waals surface area (Å²) in [5, 5.41) is 5.84. The van der Waals surface area contributed by atoms with Crippen molar-refractivity contribution in [2.24, 2.45) is 0 Å². The summed E-state index contributed by atoms with van der Waals surface area (Å²) in [6.07, 6.45) is 0.549. The van der Waals surface area contributed by atoms with Crippen molar-refractivity contribution in [2.45, 2.75) is 76.2 Å². The number of hydrogen-bond donors (Lipinski definition) is 2. The average Bonchev–Trinajstić information content (AvgIpc) is 3.23. The highest BCUT2D eigenvalue weighted by molar-refractivity contribution is 5.91. The largest absolute Gasteiger partial charge is 0.467 e. The van der Waals surface area contributed by atoms with Gasteiger partial charge in [-0.3, -0.25) is 14.4 Å². The molecule has 1 aliphatic rings. The molecule has 2 N–H and O–H groups in total. The third-order valence-electron chi connectivity index (χ3n) is 10.1. The fourth-order valence-corrected chi connectivity index (χ4v) is 6.55. The predicted molar refractivity (Wildman–Crippen MR) is 208 cm³/mol. The van der Waals surface area contributed by atoms with E-state index in [2.05, 4.69) is 15.5 Å². The first-order valence-corrected chi connectivity index (χ1v) is 18.6. The second-order valence-corrected chi connectivity index (χ2v) is 13.8. The van der Waals surface area contributed by atoms with Crippen LogP contribution in [0.2, 0.25) is 0 Å². The Morgan fingerprint density at radius 3 is 1.84 bits per heavy atom. The standard InChI is InChI=1S/C44H49N3O8/c1-31(35-18-11-6-12-19-35)41(50)46-44(43(52)53-3)24-26-47(27-25-44)37-21-13-20-36(28-37)32(2)40(49)45-38(42(51)55-30-34-16-9-5-10-17-34)22-23-39(48)54-29-33-14-7-4-8-15-33/h4-21,28,31-32,38H,22-27,29-30H2,1-3H3,(H,45,49)(H,46,50)/t31?,32?,38-/m0/s1. The molecule has 1 heterocycles. The molecule has 0 aliphatic carbocycles. The number of nitrogens with one attached hydrogen (secondary N) is 2. The molecule has 0 saturated carbocycles. The quantitative estimate of drug-likeness (QED) is 0.105. The average molecular weight is 748 g/mol. The summed E-state index contributed by atoms with van der Waals surface area (Å²) < 4.78 is 16.1. The van der Waals surface area contributed by atoms with Gasteiger partial charge in [0.1, 0.15) is 24.8 Å². The lowest BCUT2D eigenvalue weighted by Gasteiger charge is -2.41. The van der Waals surface area contributed by atoms with Crippen LogP contribution in [-0.2, 0) is 51.4 Å². The molecular formula is C44H49N3O8. The van der Waals surface area contributed by atoms with Crippen molar-refractivity contribution >= 4 is 35.4 Å². The zero-order valence-corrected chi connectivity index (χ0v) is 31.6. The van der Waals surface area contributed by atoms with E-state index in [4.69, 9.17) is 14.2 Å². The van der Waals surface area contributed by atoms with E-state index >= 15 is 0 Å². The molecule has 0 spiro atoms. The van der Waals surface area contributed by atoms with Crippen molar-refractivity contribution < 1.29 is 38.2 Å². The predicted octanol–water partition coefficient (Wildman–Crippen LogP) is 5.97. The summed E-state index contributed by atoms with van der Waals surface area (Å²) in [5.41, 5.74) is 2.87. The normalized spacial score (nSPS) is 15.1. The second kappa shape index (κ2) is 19.4. The van der Waals surface area contributed by atoms with Crippen LogP contribution < -0.4 is 15.5 Å². The summed E-state index contributed by atoms with van der Waals surface area (Å²) in [6, 6.07) is 34.3. The number of anilines is 1. The number of rotatable bonds is 16. The van der Waals surface area contributed by atoms with Crippen LogP contribution in [0.15, 0.2) is 115 Å². The first-order chi connectivity index (χ1) is 26.6. The zero-order valence-electron chi connectivity index (χ0n) is 31.6. The van der Waals surface area contributed by atoms with E-state index in [-0.39, 0.29) is 32.0 Å². The Morgan fingerprint density at radius 2 is 1.24 bits per heavy atom. The molecule has 0 radical (unpaired) electrons. The third kappa shape index (κ3) is 11.0. The zero-order chi connectivity index (χ0) is 39.2. The highest BCUT2D eigenvalue weighted by Crippen LogP contribution is 2.31. The monoisotopic (exact) mass is 747 g/mol. The van der Waals surface area contributed by atoms with Crippen molar-refractivity contribution in [3.8, 4) is 0 Å². The molecule has 2 unspecified atom stereocenters. The van der Waals surface area contributed by atoms with E-state index in [1.807, 2.05) is 122 Å². The summed E-state index contributed by atoms with van der Waals surface area (Å²) in [6.45, 7) is 4.58. The van der Waals surface area contributed by atoms with Crippen molar-refractivity contribution in [2.75, 3.05) is 25.1 Å². The van der Waals surface area contributed by atoms with E-state index < -0.39 is 47.2 Å². The van der Waals surface area contributed by atoms with E-state index in [1.54, 1.807) is 6.92 Å². The summed E-state index contributed by atoms with van der Waals surface area (Å²) >= 11 is 0. The van der Waals surface area contributed by atoms with Gasteiger partial charge in [-0.25, -0.2) is 9.59 Å². The first kappa shape index (κ1) is 40.2. The Labute approximate surface area is 322 Å². The van der Waals surface area contributed by atoms with Crippen LogP contribution in [0.25, 0.3) is 0 Å². The van der Waals surface area contributed by atoms with Gasteiger partial charge in [-0.15, -0.1) is 0 Å². The lowest BCUT2D eigenvalue weighted by molar-refractivity contribution is -0.152. The smallest absolute Gasteiger partial charge is 0.331 e. The molecule has 3 atom stereocenters. The SMILES string of the molecule is COC(=O)C1(NC(=O)C(C)c2ccccc2)CCN(c2cccc(C(C)C(=O)N[C@@H](CCC(=O)OCc3ccccc3)C(=O)OCc3ccccc3)c2)CC1. The van der Waals surface area contributed by atoms with E-state index in [9.17, 15) is 24.0 Å². The number of nitrogens with zero attached hydrogens (tertiary/aromatic N) is 1. The maximum Gasteiger partial charge on any atom is 0.331 e. The summed E-state index contributed by atoms with van der Waals surface area (Å²) in [7, 11) is 1.32. The minimum Gasteiger partial charge on any atom is -0.467 e. The van der Waals surface area contributed by atoms with E-state index in [0.717, 1.165) is 22.4 Å². The van der Waals surface area contributed by atoms with Crippen LogP contribution in [0.3, 0.4) is 0 Å². The molecule has 11 nitrogen and oxygen atoms in total. The van der Waals surface area contributed by atoms with E-state index in [0.29, 0.717) is 31.5 Å². The van der Waals surface area contributed by atoms with Gasteiger partial charge in [0.05, 0.1) is 18.9 Å². The fourth-order valence-electron chi connectivity index (χ4n) is 6.55. The molecule has 0 bridgehead atoms. The third-order valence-corrected chi connectivity index (χ3v) is 10.1. The number of esters is 3. The summed E-state index contributed by atoms with van der Waals surface area (Å²) in [4.78, 5) is 68.2. The molecular weight excluding hydrogens is 698 g/mol. The number of carbonyl (C=O) groups excluding carboxylic acids is 5. The van der Waals surface area contributed by atoms with Gasteiger partial charge in [-0.2, -0.15) is 0 Å². The molecule has 288 valence electrons. The molecule has 4 aromatic carbocycles. The Hall–Kier alpha value is -5.97. The molecule has 4 aromatic rings. The van der Waals surface area contributed by atoms with Crippen molar-refractivity contribution in [1.82, 2.24) is 10.6 Å². The first-order valence-electron chi connectivity index (χ1n) is 18.6. The molecule has 0 aromatic heterocycles.